The van der Waals surface area contributed by atoms with Gasteiger partial charge in [0, 0.05) is 13.0 Å². The highest BCUT2D eigenvalue weighted by Gasteiger charge is 2.16. The SMILES string of the molecule is CC(C)(C)c1ccc2oc(Cc3ccc(CC(=O)NCCCN)cc3)nc2c1. The van der Waals surface area contributed by atoms with Gasteiger partial charge in [-0.25, -0.2) is 4.98 Å². The van der Waals surface area contributed by atoms with Gasteiger partial charge in [-0.1, -0.05) is 51.1 Å². The van der Waals surface area contributed by atoms with Crippen molar-refractivity contribution in [2.75, 3.05) is 13.1 Å². The van der Waals surface area contributed by atoms with E-state index in [0.29, 0.717) is 31.8 Å². The number of amides is 1. The van der Waals surface area contributed by atoms with E-state index < -0.39 is 0 Å². The van der Waals surface area contributed by atoms with E-state index in [1.165, 1.54) is 5.56 Å². The lowest BCUT2D eigenvalue weighted by Gasteiger charge is -2.18. The molecule has 0 aliphatic heterocycles. The quantitative estimate of drug-likeness (QED) is 0.613. The highest BCUT2D eigenvalue weighted by Crippen LogP contribution is 2.26. The van der Waals surface area contributed by atoms with Crippen LogP contribution in [0, 0.1) is 0 Å². The van der Waals surface area contributed by atoms with Crippen molar-refractivity contribution in [1.29, 1.82) is 0 Å². The van der Waals surface area contributed by atoms with Crippen LogP contribution in [-0.4, -0.2) is 24.0 Å². The molecule has 1 heterocycles. The molecule has 5 heteroatoms. The molecule has 0 aliphatic rings. The fraction of sp³-hybridized carbons (Fsp3) is 0.391. The van der Waals surface area contributed by atoms with Crippen molar-refractivity contribution in [3.05, 3.63) is 65.0 Å². The number of carbonyl (C=O) groups is 1. The van der Waals surface area contributed by atoms with E-state index in [1.807, 2.05) is 30.3 Å². The lowest BCUT2D eigenvalue weighted by molar-refractivity contribution is -0.120. The highest BCUT2D eigenvalue weighted by atomic mass is 16.3. The molecule has 0 bridgehead atoms. The third-order valence-corrected chi connectivity index (χ3v) is 4.74. The third kappa shape index (κ3) is 5.20. The highest BCUT2D eigenvalue weighted by molar-refractivity contribution is 5.78. The fourth-order valence-corrected chi connectivity index (χ4v) is 3.04. The van der Waals surface area contributed by atoms with Crippen molar-refractivity contribution in [3.63, 3.8) is 0 Å². The van der Waals surface area contributed by atoms with Crippen LogP contribution in [-0.2, 0) is 23.1 Å². The number of benzene rings is 2. The summed E-state index contributed by atoms with van der Waals surface area (Å²) < 4.78 is 5.90. The summed E-state index contributed by atoms with van der Waals surface area (Å²) in [5, 5.41) is 2.87. The molecule has 3 N–H and O–H groups in total. The Labute approximate surface area is 166 Å². The minimum Gasteiger partial charge on any atom is -0.440 e. The standard InChI is InChI=1S/C23H29N3O2/c1-23(2,3)18-9-10-20-19(15-18)26-22(28-20)14-17-7-5-16(6-8-17)13-21(27)25-12-4-11-24/h5-10,15H,4,11-14,24H2,1-3H3,(H,25,27). The first-order valence-electron chi connectivity index (χ1n) is 9.80. The smallest absolute Gasteiger partial charge is 0.224 e. The first-order chi connectivity index (χ1) is 13.3. The predicted molar refractivity (Wildman–Crippen MR) is 112 cm³/mol. The van der Waals surface area contributed by atoms with Crippen LogP contribution in [0.2, 0.25) is 0 Å². The number of hydrogen-bond donors (Lipinski definition) is 2. The molecule has 5 nitrogen and oxygen atoms in total. The van der Waals surface area contributed by atoms with Gasteiger partial charge < -0.3 is 15.5 Å². The van der Waals surface area contributed by atoms with Crippen LogP contribution in [0.5, 0.6) is 0 Å². The first-order valence-corrected chi connectivity index (χ1v) is 9.80. The van der Waals surface area contributed by atoms with Crippen molar-refractivity contribution in [3.8, 4) is 0 Å². The summed E-state index contributed by atoms with van der Waals surface area (Å²) in [6.45, 7) is 7.78. The monoisotopic (exact) mass is 379 g/mol. The Kier molecular flexibility index (Phi) is 6.15. The number of hydrogen-bond acceptors (Lipinski definition) is 4. The summed E-state index contributed by atoms with van der Waals surface area (Å²) in [5.41, 5.74) is 10.6. The van der Waals surface area contributed by atoms with Gasteiger partial charge in [-0.15, -0.1) is 0 Å². The minimum atomic E-state index is 0.0230. The van der Waals surface area contributed by atoms with Crippen LogP contribution in [0.3, 0.4) is 0 Å². The number of fused-ring (bicyclic) bond motifs is 1. The molecule has 28 heavy (non-hydrogen) atoms. The van der Waals surface area contributed by atoms with Crippen LogP contribution >= 0.6 is 0 Å². The number of aromatic nitrogens is 1. The third-order valence-electron chi connectivity index (χ3n) is 4.74. The summed E-state index contributed by atoms with van der Waals surface area (Å²) in [7, 11) is 0. The van der Waals surface area contributed by atoms with Gasteiger partial charge in [0.2, 0.25) is 5.91 Å². The van der Waals surface area contributed by atoms with Gasteiger partial charge >= 0.3 is 0 Å². The van der Waals surface area contributed by atoms with E-state index in [4.69, 9.17) is 10.2 Å². The number of carbonyl (C=O) groups excluding carboxylic acids is 1. The van der Waals surface area contributed by atoms with Gasteiger partial charge in [-0.3, -0.25) is 4.79 Å². The molecule has 1 aromatic heterocycles. The minimum absolute atomic E-state index is 0.0230. The second-order valence-corrected chi connectivity index (χ2v) is 8.20. The van der Waals surface area contributed by atoms with Gasteiger partial charge in [0.15, 0.2) is 11.5 Å². The van der Waals surface area contributed by atoms with Crippen molar-refractivity contribution >= 4 is 17.0 Å². The van der Waals surface area contributed by atoms with Crippen molar-refractivity contribution in [2.45, 2.75) is 45.4 Å². The Morgan fingerprint density at radius 1 is 1.11 bits per heavy atom. The first kappa shape index (κ1) is 20.1. The van der Waals surface area contributed by atoms with Crippen LogP contribution in [0.25, 0.3) is 11.1 Å². The molecule has 0 spiro atoms. The maximum absolute atomic E-state index is 11.9. The molecule has 148 valence electrons. The Balaban J connectivity index is 1.64. The molecule has 0 aliphatic carbocycles. The summed E-state index contributed by atoms with van der Waals surface area (Å²) in [6.07, 6.45) is 1.80. The Morgan fingerprint density at radius 3 is 2.50 bits per heavy atom. The normalized spacial score (nSPS) is 11.7. The topological polar surface area (TPSA) is 81.2 Å². The van der Waals surface area contributed by atoms with E-state index in [-0.39, 0.29) is 11.3 Å². The number of nitrogens with one attached hydrogen (secondary N) is 1. The van der Waals surface area contributed by atoms with Crippen LogP contribution in [0.4, 0.5) is 0 Å². The molecule has 3 rings (SSSR count). The zero-order chi connectivity index (χ0) is 20.1. The summed E-state index contributed by atoms with van der Waals surface area (Å²) in [4.78, 5) is 16.5. The second kappa shape index (κ2) is 8.57. The molecule has 3 aromatic rings. The molecule has 0 atom stereocenters. The number of nitrogens with two attached hydrogens (primary N) is 1. The molecule has 0 unspecified atom stereocenters. The van der Waals surface area contributed by atoms with Gasteiger partial charge in [-0.2, -0.15) is 0 Å². The van der Waals surface area contributed by atoms with Crippen molar-refractivity contribution < 1.29 is 9.21 Å². The van der Waals surface area contributed by atoms with Gasteiger partial charge in [0.1, 0.15) is 5.52 Å². The van der Waals surface area contributed by atoms with Crippen LogP contribution in [0.1, 0.15) is 49.8 Å². The largest absolute Gasteiger partial charge is 0.440 e. The molecule has 1 amide bonds. The molecule has 0 fully saturated rings. The second-order valence-electron chi connectivity index (χ2n) is 8.20. The molecular weight excluding hydrogens is 350 g/mol. The van der Waals surface area contributed by atoms with E-state index >= 15 is 0 Å². The van der Waals surface area contributed by atoms with Crippen molar-refractivity contribution in [2.24, 2.45) is 5.73 Å². The Bertz CT molecular complexity index is 937. The van der Waals surface area contributed by atoms with Gasteiger partial charge in [0.05, 0.1) is 6.42 Å². The average Bonchev–Trinajstić information content (AvgIpc) is 3.04. The summed E-state index contributed by atoms with van der Waals surface area (Å²) in [6, 6.07) is 14.2. The molecular formula is C23H29N3O2. The zero-order valence-corrected chi connectivity index (χ0v) is 16.9. The predicted octanol–water partition coefficient (Wildman–Crippen LogP) is 3.72. The van der Waals surface area contributed by atoms with Crippen molar-refractivity contribution in [1.82, 2.24) is 10.3 Å². The summed E-state index contributed by atoms with van der Waals surface area (Å²) in [5.74, 6) is 0.725. The number of rotatable bonds is 7. The average molecular weight is 380 g/mol. The van der Waals surface area contributed by atoms with E-state index in [1.54, 1.807) is 0 Å². The zero-order valence-electron chi connectivity index (χ0n) is 16.9. The van der Waals surface area contributed by atoms with Crippen LogP contribution < -0.4 is 11.1 Å². The number of nitrogens with zero attached hydrogens (tertiary/aromatic N) is 1. The van der Waals surface area contributed by atoms with E-state index in [2.05, 4.69) is 43.2 Å². The fourth-order valence-electron chi connectivity index (χ4n) is 3.04. The maximum atomic E-state index is 11.9. The van der Waals surface area contributed by atoms with Gasteiger partial charge in [-0.05, 0) is 47.2 Å². The Morgan fingerprint density at radius 2 is 1.82 bits per heavy atom. The summed E-state index contributed by atoms with van der Waals surface area (Å²) >= 11 is 0. The molecule has 0 saturated carbocycles. The molecule has 0 saturated heterocycles. The van der Waals surface area contributed by atoms with Crippen LogP contribution in [0.15, 0.2) is 46.9 Å². The molecule has 2 aromatic carbocycles. The van der Waals surface area contributed by atoms with E-state index in [9.17, 15) is 4.79 Å². The number of oxazole rings is 1. The lowest BCUT2D eigenvalue weighted by Crippen LogP contribution is -2.27. The molecule has 0 radical (unpaired) electrons. The lowest BCUT2D eigenvalue weighted by atomic mass is 9.87. The Hall–Kier alpha value is -2.66. The van der Waals surface area contributed by atoms with E-state index in [0.717, 1.165) is 28.6 Å². The van der Waals surface area contributed by atoms with Gasteiger partial charge in [0.25, 0.3) is 0 Å². The maximum Gasteiger partial charge on any atom is 0.224 e.